The number of alkyl halides is 1. The van der Waals surface area contributed by atoms with E-state index < -0.39 is 0 Å². The zero-order valence-corrected chi connectivity index (χ0v) is 10.4. The Kier molecular flexibility index (Phi) is 3.80. The van der Waals surface area contributed by atoms with Crippen molar-refractivity contribution >= 4 is 11.6 Å². The molecule has 2 rings (SSSR count). The molecule has 0 aliphatic heterocycles. The molecule has 0 aliphatic carbocycles. The molecule has 0 aliphatic rings. The van der Waals surface area contributed by atoms with Crippen LogP contribution in [0.5, 0.6) is 0 Å². The number of aryl methyl sites for hydroxylation is 1. The molecule has 88 valence electrons. The quantitative estimate of drug-likeness (QED) is 0.694. The number of hydrogen-bond donors (Lipinski definition) is 0. The van der Waals surface area contributed by atoms with Crippen LogP contribution in [0.3, 0.4) is 0 Å². The Labute approximate surface area is 106 Å². The van der Waals surface area contributed by atoms with E-state index in [1.54, 1.807) is 6.07 Å². The predicted molar refractivity (Wildman–Crippen MR) is 69.9 cm³/mol. The van der Waals surface area contributed by atoms with Gasteiger partial charge in [-0.25, -0.2) is 4.39 Å². The van der Waals surface area contributed by atoms with Crippen molar-refractivity contribution in [3.05, 3.63) is 71.0 Å². The highest BCUT2D eigenvalue weighted by molar-refractivity contribution is 6.20. The summed E-state index contributed by atoms with van der Waals surface area (Å²) in [5.74, 6) is -0.212. The summed E-state index contributed by atoms with van der Waals surface area (Å²) in [5.41, 5.74) is 3.19. The van der Waals surface area contributed by atoms with Crippen molar-refractivity contribution in [1.29, 1.82) is 0 Å². The third-order valence-corrected chi connectivity index (χ3v) is 3.11. The molecule has 0 nitrogen and oxygen atoms in total. The number of halogens is 2. The minimum atomic E-state index is -0.212. The van der Waals surface area contributed by atoms with Gasteiger partial charge in [-0.3, -0.25) is 0 Å². The topological polar surface area (TPSA) is 0 Å². The van der Waals surface area contributed by atoms with Gasteiger partial charge in [-0.05, 0) is 36.6 Å². The van der Waals surface area contributed by atoms with Crippen LogP contribution in [-0.4, -0.2) is 0 Å². The Bertz CT molecular complexity index is 508. The first-order chi connectivity index (χ1) is 8.15. The fourth-order valence-corrected chi connectivity index (χ4v) is 2.17. The van der Waals surface area contributed by atoms with Gasteiger partial charge in [0.15, 0.2) is 0 Å². The van der Waals surface area contributed by atoms with E-state index in [1.807, 2.05) is 31.2 Å². The maximum atomic E-state index is 13.0. The van der Waals surface area contributed by atoms with E-state index in [1.165, 1.54) is 17.7 Å². The van der Waals surface area contributed by atoms with Crippen molar-refractivity contribution < 1.29 is 4.39 Å². The molecular formula is C15H14ClF. The van der Waals surface area contributed by atoms with Gasteiger partial charge in [-0.1, -0.05) is 42.0 Å². The lowest BCUT2D eigenvalue weighted by molar-refractivity contribution is 0.625. The van der Waals surface area contributed by atoms with E-state index in [-0.39, 0.29) is 11.2 Å². The Balaban J connectivity index is 2.14. The first-order valence-corrected chi connectivity index (χ1v) is 6.04. The van der Waals surface area contributed by atoms with Gasteiger partial charge in [-0.2, -0.15) is 0 Å². The Morgan fingerprint density at radius 3 is 2.59 bits per heavy atom. The van der Waals surface area contributed by atoms with Crippen LogP contribution in [0.25, 0.3) is 0 Å². The molecular weight excluding hydrogens is 235 g/mol. The van der Waals surface area contributed by atoms with Crippen LogP contribution in [0.1, 0.15) is 22.1 Å². The number of rotatable bonds is 3. The fraction of sp³-hybridized carbons (Fsp3) is 0.200. The van der Waals surface area contributed by atoms with Crippen LogP contribution in [0.15, 0.2) is 48.5 Å². The van der Waals surface area contributed by atoms with Gasteiger partial charge in [-0.15, -0.1) is 11.6 Å². The second-order valence-corrected chi connectivity index (χ2v) is 4.74. The summed E-state index contributed by atoms with van der Waals surface area (Å²) < 4.78 is 13.0. The predicted octanol–water partition coefficient (Wildman–Crippen LogP) is 4.66. The van der Waals surface area contributed by atoms with Crippen molar-refractivity contribution in [2.75, 3.05) is 0 Å². The van der Waals surface area contributed by atoms with Gasteiger partial charge in [0.1, 0.15) is 5.82 Å². The molecule has 0 radical (unpaired) electrons. The Hall–Kier alpha value is -1.34. The lowest BCUT2D eigenvalue weighted by Gasteiger charge is -2.10. The van der Waals surface area contributed by atoms with E-state index in [9.17, 15) is 4.39 Å². The standard InChI is InChI=1S/C15H14ClF/c1-11-4-2-6-13(8-11)15(16)10-12-5-3-7-14(17)9-12/h2-9,15H,10H2,1H3. The number of benzene rings is 2. The molecule has 2 heteroatoms. The van der Waals surface area contributed by atoms with Gasteiger partial charge in [0.25, 0.3) is 0 Å². The lowest BCUT2D eigenvalue weighted by Crippen LogP contribution is -1.96. The second kappa shape index (κ2) is 5.33. The zero-order valence-electron chi connectivity index (χ0n) is 9.66. The first-order valence-electron chi connectivity index (χ1n) is 5.60. The Morgan fingerprint density at radius 1 is 1.12 bits per heavy atom. The first kappa shape index (κ1) is 12.1. The van der Waals surface area contributed by atoms with Crippen LogP contribution in [0.4, 0.5) is 4.39 Å². The van der Waals surface area contributed by atoms with Crippen LogP contribution >= 0.6 is 11.6 Å². The third kappa shape index (κ3) is 3.31. The highest BCUT2D eigenvalue weighted by Crippen LogP contribution is 2.25. The summed E-state index contributed by atoms with van der Waals surface area (Å²) in [4.78, 5) is 0. The lowest BCUT2D eigenvalue weighted by atomic mass is 10.0. The third-order valence-electron chi connectivity index (χ3n) is 2.71. The molecule has 0 fully saturated rings. The average molecular weight is 249 g/mol. The van der Waals surface area contributed by atoms with Crippen molar-refractivity contribution in [1.82, 2.24) is 0 Å². The molecule has 1 unspecified atom stereocenters. The summed E-state index contributed by atoms with van der Waals surface area (Å²) in [7, 11) is 0. The van der Waals surface area contributed by atoms with Gasteiger partial charge >= 0.3 is 0 Å². The highest BCUT2D eigenvalue weighted by Gasteiger charge is 2.09. The molecule has 0 heterocycles. The monoisotopic (exact) mass is 248 g/mol. The van der Waals surface area contributed by atoms with Crippen molar-refractivity contribution in [2.45, 2.75) is 18.7 Å². The smallest absolute Gasteiger partial charge is 0.123 e. The minimum absolute atomic E-state index is 0.114. The van der Waals surface area contributed by atoms with E-state index >= 15 is 0 Å². The summed E-state index contributed by atoms with van der Waals surface area (Å²) >= 11 is 6.34. The van der Waals surface area contributed by atoms with Crippen LogP contribution in [-0.2, 0) is 6.42 Å². The van der Waals surface area contributed by atoms with Gasteiger partial charge in [0.05, 0.1) is 5.38 Å². The normalized spacial score (nSPS) is 12.4. The molecule has 0 aromatic heterocycles. The summed E-state index contributed by atoms with van der Waals surface area (Å²) in [5, 5.41) is -0.114. The van der Waals surface area contributed by atoms with E-state index in [2.05, 4.69) is 6.07 Å². The van der Waals surface area contributed by atoms with Crippen molar-refractivity contribution in [3.8, 4) is 0 Å². The molecule has 0 bridgehead atoms. The van der Waals surface area contributed by atoms with E-state index in [4.69, 9.17) is 11.6 Å². The van der Waals surface area contributed by atoms with Gasteiger partial charge in [0, 0.05) is 0 Å². The molecule has 2 aromatic carbocycles. The maximum Gasteiger partial charge on any atom is 0.123 e. The molecule has 1 atom stereocenters. The van der Waals surface area contributed by atoms with Crippen LogP contribution in [0.2, 0.25) is 0 Å². The minimum Gasteiger partial charge on any atom is -0.207 e. The number of hydrogen-bond acceptors (Lipinski definition) is 0. The summed E-state index contributed by atoms with van der Waals surface area (Å²) in [6.07, 6.45) is 0.642. The molecule has 0 N–H and O–H groups in total. The van der Waals surface area contributed by atoms with Gasteiger partial charge < -0.3 is 0 Å². The SMILES string of the molecule is Cc1cccc(C(Cl)Cc2cccc(F)c2)c1. The average Bonchev–Trinajstić information content (AvgIpc) is 2.29. The molecule has 0 amide bonds. The van der Waals surface area contributed by atoms with Crippen LogP contribution in [0, 0.1) is 12.7 Å². The molecule has 0 saturated heterocycles. The molecule has 0 saturated carbocycles. The summed E-state index contributed by atoms with van der Waals surface area (Å²) in [6.45, 7) is 2.04. The second-order valence-electron chi connectivity index (χ2n) is 4.22. The maximum absolute atomic E-state index is 13.0. The van der Waals surface area contributed by atoms with E-state index in [0.717, 1.165) is 11.1 Å². The Morgan fingerprint density at radius 2 is 1.88 bits per heavy atom. The molecule has 17 heavy (non-hydrogen) atoms. The van der Waals surface area contributed by atoms with Gasteiger partial charge in [0.2, 0.25) is 0 Å². The fourth-order valence-electron chi connectivity index (χ4n) is 1.85. The van der Waals surface area contributed by atoms with E-state index in [0.29, 0.717) is 6.42 Å². The molecule has 0 spiro atoms. The van der Waals surface area contributed by atoms with Crippen molar-refractivity contribution in [3.63, 3.8) is 0 Å². The summed E-state index contributed by atoms with van der Waals surface area (Å²) in [6, 6.07) is 14.7. The largest absolute Gasteiger partial charge is 0.207 e. The van der Waals surface area contributed by atoms with Crippen LogP contribution < -0.4 is 0 Å². The van der Waals surface area contributed by atoms with Crippen molar-refractivity contribution in [2.24, 2.45) is 0 Å². The highest BCUT2D eigenvalue weighted by atomic mass is 35.5. The zero-order chi connectivity index (χ0) is 12.3. The molecule has 2 aromatic rings.